The lowest BCUT2D eigenvalue weighted by atomic mass is 9.95. The standard InChI is InChI=1S/C16H27N5/c1-8-21(10-11(2)9-17)14-12(3)13(18-7)19-15(20-14)16(4,5)6/h11H,8,10H2,1-7H3,(H,18,19,20). The zero-order valence-corrected chi connectivity index (χ0v) is 14.3. The molecule has 1 heterocycles. The second kappa shape index (κ2) is 6.75. The van der Waals surface area contributed by atoms with E-state index in [1.54, 1.807) is 0 Å². The molecule has 116 valence electrons. The molecule has 0 radical (unpaired) electrons. The van der Waals surface area contributed by atoms with Crippen molar-refractivity contribution in [2.75, 3.05) is 30.4 Å². The third-order valence-electron chi connectivity index (χ3n) is 3.42. The molecule has 0 spiro atoms. The highest BCUT2D eigenvalue weighted by atomic mass is 15.2. The lowest BCUT2D eigenvalue weighted by Gasteiger charge is -2.28. The van der Waals surface area contributed by atoms with Gasteiger partial charge < -0.3 is 10.2 Å². The zero-order valence-electron chi connectivity index (χ0n) is 14.3. The monoisotopic (exact) mass is 289 g/mol. The Kier molecular flexibility index (Phi) is 5.54. The van der Waals surface area contributed by atoms with Crippen LogP contribution < -0.4 is 10.2 Å². The van der Waals surface area contributed by atoms with Crippen LogP contribution in [0.4, 0.5) is 11.6 Å². The minimum absolute atomic E-state index is 0.0320. The van der Waals surface area contributed by atoms with Crippen LogP contribution in [-0.2, 0) is 5.41 Å². The maximum absolute atomic E-state index is 9.06. The Labute approximate surface area is 128 Å². The molecule has 0 aromatic carbocycles. The fourth-order valence-corrected chi connectivity index (χ4v) is 2.13. The summed E-state index contributed by atoms with van der Waals surface area (Å²) >= 11 is 0. The van der Waals surface area contributed by atoms with Gasteiger partial charge in [-0.3, -0.25) is 0 Å². The molecule has 0 fully saturated rings. The Morgan fingerprint density at radius 2 is 1.95 bits per heavy atom. The number of nitriles is 1. The molecule has 0 saturated heterocycles. The second-order valence-corrected chi connectivity index (χ2v) is 6.41. The Morgan fingerprint density at radius 1 is 1.33 bits per heavy atom. The SMILES string of the molecule is CCN(CC(C)C#N)c1nc(C(C)(C)C)nc(NC)c1C. The molecule has 0 saturated carbocycles. The first-order valence-corrected chi connectivity index (χ1v) is 7.46. The third-order valence-corrected chi connectivity index (χ3v) is 3.42. The smallest absolute Gasteiger partial charge is 0.138 e. The molecular formula is C16H27N5. The molecule has 5 heteroatoms. The van der Waals surface area contributed by atoms with Gasteiger partial charge in [0, 0.05) is 31.1 Å². The summed E-state index contributed by atoms with van der Waals surface area (Å²) in [6.07, 6.45) is 0. The van der Waals surface area contributed by atoms with Gasteiger partial charge in [-0.25, -0.2) is 9.97 Å². The molecule has 0 aliphatic rings. The highest BCUT2D eigenvalue weighted by Crippen LogP contribution is 2.28. The molecule has 0 bridgehead atoms. The van der Waals surface area contributed by atoms with Crippen LogP contribution in [0.15, 0.2) is 0 Å². The average molecular weight is 289 g/mol. The van der Waals surface area contributed by atoms with Gasteiger partial charge in [-0.15, -0.1) is 0 Å². The fraction of sp³-hybridized carbons (Fsp3) is 0.688. The predicted octanol–water partition coefficient (Wildman–Crippen LogP) is 3.11. The minimum Gasteiger partial charge on any atom is -0.373 e. The lowest BCUT2D eigenvalue weighted by molar-refractivity contribution is 0.543. The van der Waals surface area contributed by atoms with E-state index < -0.39 is 0 Å². The quantitative estimate of drug-likeness (QED) is 0.902. The average Bonchev–Trinajstić information content (AvgIpc) is 2.43. The van der Waals surface area contributed by atoms with Gasteiger partial charge in [-0.05, 0) is 20.8 Å². The molecule has 1 aromatic rings. The second-order valence-electron chi connectivity index (χ2n) is 6.41. The van der Waals surface area contributed by atoms with E-state index in [9.17, 15) is 0 Å². The summed E-state index contributed by atoms with van der Waals surface area (Å²) in [7, 11) is 1.87. The van der Waals surface area contributed by atoms with Crippen LogP contribution in [0.25, 0.3) is 0 Å². The summed E-state index contributed by atoms with van der Waals surface area (Å²) in [5, 5.41) is 12.2. The van der Waals surface area contributed by atoms with Gasteiger partial charge in [0.25, 0.3) is 0 Å². The van der Waals surface area contributed by atoms with Gasteiger partial charge in [-0.1, -0.05) is 20.8 Å². The third kappa shape index (κ3) is 4.07. The van der Waals surface area contributed by atoms with Crippen molar-refractivity contribution in [3.05, 3.63) is 11.4 Å². The van der Waals surface area contributed by atoms with Crippen molar-refractivity contribution in [2.24, 2.45) is 5.92 Å². The summed E-state index contributed by atoms with van der Waals surface area (Å²) < 4.78 is 0. The fourth-order valence-electron chi connectivity index (χ4n) is 2.13. The Morgan fingerprint density at radius 3 is 2.38 bits per heavy atom. The largest absolute Gasteiger partial charge is 0.373 e. The molecule has 0 amide bonds. The highest BCUT2D eigenvalue weighted by molar-refractivity contribution is 5.59. The molecule has 1 N–H and O–H groups in total. The molecule has 0 aliphatic heterocycles. The van der Waals surface area contributed by atoms with Crippen LogP contribution in [0.3, 0.4) is 0 Å². The number of aromatic nitrogens is 2. The van der Waals surface area contributed by atoms with Crippen LogP contribution in [0.5, 0.6) is 0 Å². The van der Waals surface area contributed by atoms with Crippen molar-refractivity contribution < 1.29 is 0 Å². The maximum Gasteiger partial charge on any atom is 0.138 e. The van der Waals surface area contributed by atoms with E-state index >= 15 is 0 Å². The normalized spacial score (nSPS) is 12.7. The Balaban J connectivity index is 3.35. The molecule has 1 unspecified atom stereocenters. The van der Waals surface area contributed by atoms with Crippen molar-refractivity contribution in [2.45, 2.75) is 47.0 Å². The van der Waals surface area contributed by atoms with E-state index in [0.717, 1.165) is 29.6 Å². The number of nitrogens with zero attached hydrogens (tertiary/aromatic N) is 4. The van der Waals surface area contributed by atoms with Gasteiger partial charge in [0.2, 0.25) is 0 Å². The summed E-state index contributed by atoms with van der Waals surface area (Å²) in [5.74, 6) is 2.56. The van der Waals surface area contributed by atoms with Crippen LogP contribution >= 0.6 is 0 Å². The van der Waals surface area contributed by atoms with Crippen molar-refractivity contribution in [3.8, 4) is 6.07 Å². The maximum atomic E-state index is 9.06. The van der Waals surface area contributed by atoms with Crippen LogP contribution in [0.1, 0.15) is 46.0 Å². The summed E-state index contributed by atoms with van der Waals surface area (Å²) in [6, 6.07) is 2.29. The van der Waals surface area contributed by atoms with Crippen molar-refractivity contribution >= 4 is 11.6 Å². The summed E-state index contributed by atoms with van der Waals surface area (Å²) in [6.45, 7) is 13.9. The van der Waals surface area contributed by atoms with E-state index in [4.69, 9.17) is 10.2 Å². The highest BCUT2D eigenvalue weighted by Gasteiger charge is 2.23. The van der Waals surface area contributed by atoms with E-state index in [1.807, 2.05) is 20.9 Å². The van der Waals surface area contributed by atoms with E-state index in [-0.39, 0.29) is 11.3 Å². The first kappa shape index (κ1) is 17.2. The number of nitrogens with one attached hydrogen (secondary N) is 1. The van der Waals surface area contributed by atoms with Crippen molar-refractivity contribution in [3.63, 3.8) is 0 Å². The first-order chi connectivity index (χ1) is 9.74. The molecule has 5 nitrogen and oxygen atoms in total. The molecule has 1 rings (SSSR count). The van der Waals surface area contributed by atoms with Crippen molar-refractivity contribution in [1.82, 2.24) is 9.97 Å². The number of anilines is 2. The summed E-state index contributed by atoms with van der Waals surface area (Å²) in [4.78, 5) is 11.6. The van der Waals surface area contributed by atoms with Crippen LogP contribution in [-0.4, -0.2) is 30.1 Å². The van der Waals surface area contributed by atoms with E-state index in [1.165, 1.54) is 0 Å². The van der Waals surface area contributed by atoms with Gasteiger partial charge in [-0.2, -0.15) is 5.26 Å². The first-order valence-electron chi connectivity index (χ1n) is 7.46. The molecular weight excluding hydrogens is 262 g/mol. The van der Waals surface area contributed by atoms with Gasteiger partial charge in [0.1, 0.15) is 17.5 Å². The van der Waals surface area contributed by atoms with E-state index in [2.05, 4.69) is 49.0 Å². The minimum atomic E-state index is -0.117. The van der Waals surface area contributed by atoms with Crippen LogP contribution in [0, 0.1) is 24.2 Å². The zero-order chi connectivity index (χ0) is 16.2. The summed E-state index contributed by atoms with van der Waals surface area (Å²) in [5.41, 5.74) is 0.909. The molecule has 0 aliphatic carbocycles. The van der Waals surface area contributed by atoms with Crippen molar-refractivity contribution in [1.29, 1.82) is 5.26 Å². The number of hydrogen-bond acceptors (Lipinski definition) is 5. The van der Waals surface area contributed by atoms with Gasteiger partial charge in [0.05, 0.1) is 12.0 Å². The number of rotatable bonds is 5. The Bertz CT molecular complexity index is 525. The molecule has 1 aromatic heterocycles. The lowest BCUT2D eigenvalue weighted by Crippen LogP contribution is -2.31. The van der Waals surface area contributed by atoms with E-state index in [0.29, 0.717) is 6.54 Å². The van der Waals surface area contributed by atoms with Crippen LogP contribution in [0.2, 0.25) is 0 Å². The van der Waals surface area contributed by atoms with Gasteiger partial charge in [0.15, 0.2) is 0 Å². The molecule has 1 atom stereocenters. The molecule has 21 heavy (non-hydrogen) atoms. The number of hydrogen-bond donors (Lipinski definition) is 1. The topological polar surface area (TPSA) is 64.8 Å². The van der Waals surface area contributed by atoms with Gasteiger partial charge >= 0.3 is 0 Å². The predicted molar refractivity (Wildman–Crippen MR) is 87.7 cm³/mol. The Hall–Kier alpha value is -1.83.